The lowest BCUT2D eigenvalue weighted by Crippen LogP contribution is -2.46. The van der Waals surface area contributed by atoms with Crippen LogP contribution in [0.3, 0.4) is 0 Å². The van der Waals surface area contributed by atoms with Crippen LogP contribution in [-0.4, -0.2) is 42.3 Å². The van der Waals surface area contributed by atoms with E-state index in [0.29, 0.717) is 12.2 Å². The highest BCUT2D eigenvalue weighted by atomic mass is 16.5. The van der Waals surface area contributed by atoms with E-state index < -0.39 is 5.54 Å². The molecule has 2 bridgehead atoms. The van der Waals surface area contributed by atoms with Gasteiger partial charge in [-0.2, -0.15) is 5.26 Å². The largest absolute Gasteiger partial charge is 0.372 e. The first kappa shape index (κ1) is 10.9. The molecule has 15 heavy (non-hydrogen) atoms. The number of ether oxygens (including phenoxy) is 1. The Balaban J connectivity index is 1.79. The molecule has 2 N–H and O–H groups in total. The molecule has 2 aliphatic heterocycles. The first-order valence-corrected chi connectivity index (χ1v) is 5.67. The molecule has 2 rings (SSSR count). The molecular weight excluding hydrogens is 190 g/mol. The lowest BCUT2D eigenvalue weighted by atomic mass is 10.0. The summed E-state index contributed by atoms with van der Waals surface area (Å²) >= 11 is 0. The number of hydrogen-bond acceptors (Lipinski definition) is 4. The Morgan fingerprint density at radius 3 is 2.60 bits per heavy atom. The van der Waals surface area contributed by atoms with E-state index >= 15 is 0 Å². The van der Waals surface area contributed by atoms with E-state index in [1.54, 1.807) is 6.92 Å². The third-order valence-corrected chi connectivity index (χ3v) is 3.32. The van der Waals surface area contributed by atoms with Crippen molar-refractivity contribution in [2.24, 2.45) is 5.73 Å². The van der Waals surface area contributed by atoms with Crippen LogP contribution < -0.4 is 5.73 Å². The summed E-state index contributed by atoms with van der Waals surface area (Å²) < 4.78 is 5.75. The van der Waals surface area contributed by atoms with Gasteiger partial charge in [-0.1, -0.05) is 0 Å². The fourth-order valence-electron chi connectivity index (χ4n) is 2.33. The van der Waals surface area contributed by atoms with Gasteiger partial charge in [0.15, 0.2) is 0 Å². The van der Waals surface area contributed by atoms with E-state index in [2.05, 4.69) is 11.0 Å². The van der Waals surface area contributed by atoms with Crippen LogP contribution in [0.2, 0.25) is 0 Å². The zero-order chi connectivity index (χ0) is 10.9. The zero-order valence-electron chi connectivity index (χ0n) is 9.28. The molecule has 3 atom stereocenters. The van der Waals surface area contributed by atoms with Crippen molar-refractivity contribution in [3.8, 4) is 6.07 Å². The van der Waals surface area contributed by atoms with Crippen LogP contribution in [-0.2, 0) is 4.74 Å². The second-order valence-electron chi connectivity index (χ2n) is 5.00. The van der Waals surface area contributed by atoms with Crippen LogP contribution in [0.15, 0.2) is 0 Å². The first-order chi connectivity index (χ1) is 7.09. The quantitative estimate of drug-likeness (QED) is 0.734. The fourth-order valence-corrected chi connectivity index (χ4v) is 2.33. The molecule has 0 aliphatic carbocycles. The van der Waals surface area contributed by atoms with E-state index in [4.69, 9.17) is 15.7 Å². The van der Waals surface area contributed by atoms with Gasteiger partial charge in [0.1, 0.15) is 5.54 Å². The minimum atomic E-state index is -0.683. The molecule has 0 aromatic rings. The summed E-state index contributed by atoms with van der Waals surface area (Å²) in [7, 11) is 0. The van der Waals surface area contributed by atoms with Crippen molar-refractivity contribution in [1.82, 2.24) is 4.90 Å². The van der Waals surface area contributed by atoms with Crippen LogP contribution in [0.5, 0.6) is 0 Å². The number of nitriles is 1. The molecule has 0 spiro atoms. The standard InChI is InChI=1S/C11H19N3O/c1-11(13,8-12)4-5-14-6-9-2-3-10(7-14)15-9/h9-10H,2-7,13H2,1H3. The Labute approximate surface area is 91.0 Å². The lowest BCUT2D eigenvalue weighted by molar-refractivity contribution is -0.0392. The number of hydrogen-bond donors (Lipinski definition) is 1. The van der Waals surface area contributed by atoms with Gasteiger partial charge in [0.05, 0.1) is 18.3 Å². The van der Waals surface area contributed by atoms with E-state index in [-0.39, 0.29) is 0 Å². The lowest BCUT2D eigenvalue weighted by Gasteiger charge is -2.33. The van der Waals surface area contributed by atoms with Crippen molar-refractivity contribution in [2.75, 3.05) is 19.6 Å². The van der Waals surface area contributed by atoms with Crippen molar-refractivity contribution in [2.45, 2.75) is 43.9 Å². The van der Waals surface area contributed by atoms with Gasteiger partial charge in [0.25, 0.3) is 0 Å². The molecule has 4 heteroatoms. The number of likely N-dealkylation sites (tertiary alicyclic amines) is 1. The van der Waals surface area contributed by atoms with Crippen molar-refractivity contribution < 1.29 is 4.74 Å². The summed E-state index contributed by atoms with van der Waals surface area (Å²) in [4.78, 5) is 2.38. The van der Waals surface area contributed by atoms with Gasteiger partial charge in [0.2, 0.25) is 0 Å². The number of rotatable bonds is 3. The molecule has 2 saturated heterocycles. The number of fused-ring (bicyclic) bond motifs is 2. The van der Waals surface area contributed by atoms with Crippen molar-refractivity contribution >= 4 is 0 Å². The fraction of sp³-hybridized carbons (Fsp3) is 0.909. The van der Waals surface area contributed by atoms with Gasteiger partial charge >= 0.3 is 0 Å². The SMILES string of the molecule is CC(N)(C#N)CCN1CC2CCC(C1)O2. The Bertz CT molecular complexity index is 259. The molecule has 0 saturated carbocycles. The molecule has 4 nitrogen and oxygen atoms in total. The average molecular weight is 209 g/mol. The Hall–Kier alpha value is -0.630. The first-order valence-electron chi connectivity index (χ1n) is 5.67. The van der Waals surface area contributed by atoms with Crippen LogP contribution in [0.4, 0.5) is 0 Å². The van der Waals surface area contributed by atoms with Gasteiger partial charge in [-0.05, 0) is 26.2 Å². The molecule has 0 aromatic heterocycles. The topological polar surface area (TPSA) is 62.3 Å². The maximum Gasteiger partial charge on any atom is 0.102 e. The summed E-state index contributed by atoms with van der Waals surface area (Å²) in [5, 5.41) is 8.82. The predicted molar refractivity (Wildman–Crippen MR) is 57.2 cm³/mol. The zero-order valence-corrected chi connectivity index (χ0v) is 9.28. The summed E-state index contributed by atoms with van der Waals surface area (Å²) in [5.41, 5.74) is 5.12. The normalized spacial score (nSPS) is 34.7. The minimum Gasteiger partial charge on any atom is -0.372 e. The highest BCUT2D eigenvalue weighted by Crippen LogP contribution is 2.26. The molecule has 84 valence electrons. The molecule has 2 heterocycles. The second-order valence-corrected chi connectivity index (χ2v) is 5.00. The molecule has 0 radical (unpaired) electrons. The number of nitrogens with zero attached hydrogens (tertiary/aromatic N) is 2. The highest BCUT2D eigenvalue weighted by molar-refractivity contribution is 5.01. The summed E-state index contributed by atoms with van der Waals surface area (Å²) in [6, 6.07) is 2.14. The maximum atomic E-state index is 8.82. The number of nitrogens with two attached hydrogens (primary N) is 1. The van der Waals surface area contributed by atoms with E-state index in [1.807, 2.05) is 0 Å². The Morgan fingerprint density at radius 1 is 1.47 bits per heavy atom. The van der Waals surface area contributed by atoms with E-state index in [9.17, 15) is 0 Å². The third-order valence-electron chi connectivity index (χ3n) is 3.32. The monoisotopic (exact) mass is 209 g/mol. The Kier molecular flexibility index (Phi) is 2.96. The molecule has 0 aromatic carbocycles. The van der Waals surface area contributed by atoms with Gasteiger partial charge in [-0.25, -0.2) is 0 Å². The van der Waals surface area contributed by atoms with Gasteiger partial charge in [-0.15, -0.1) is 0 Å². The highest BCUT2D eigenvalue weighted by Gasteiger charge is 2.34. The third kappa shape index (κ3) is 2.69. The molecule has 2 fully saturated rings. The van der Waals surface area contributed by atoms with Crippen LogP contribution in [0, 0.1) is 11.3 Å². The molecule has 3 unspecified atom stereocenters. The number of morpholine rings is 1. The van der Waals surface area contributed by atoms with Crippen LogP contribution in [0.1, 0.15) is 26.2 Å². The second kappa shape index (κ2) is 4.09. The Morgan fingerprint density at radius 2 is 2.07 bits per heavy atom. The smallest absolute Gasteiger partial charge is 0.102 e. The predicted octanol–water partition coefficient (Wildman–Crippen LogP) is 0.481. The molecule has 2 aliphatic rings. The minimum absolute atomic E-state index is 0.426. The molecule has 0 amide bonds. The average Bonchev–Trinajstić information content (AvgIpc) is 2.55. The van der Waals surface area contributed by atoms with Crippen LogP contribution >= 0.6 is 0 Å². The molecular formula is C11H19N3O. The summed E-state index contributed by atoms with van der Waals surface area (Å²) in [5.74, 6) is 0. The van der Waals surface area contributed by atoms with E-state index in [0.717, 1.165) is 26.1 Å². The maximum absolute atomic E-state index is 8.82. The van der Waals surface area contributed by atoms with Crippen LogP contribution in [0.25, 0.3) is 0 Å². The van der Waals surface area contributed by atoms with Gasteiger partial charge in [0, 0.05) is 19.6 Å². The van der Waals surface area contributed by atoms with Crippen molar-refractivity contribution in [1.29, 1.82) is 5.26 Å². The van der Waals surface area contributed by atoms with Crippen molar-refractivity contribution in [3.05, 3.63) is 0 Å². The summed E-state index contributed by atoms with van der Waals surface area (Å²) in [6.45, 7) is 4.73. The van der Waals surface area contributed by atoms with Gasteiger partial charge in [-0.3, -0.25) is 4.90 Å². The van der Waals surface area contributed by atoms with Gasteiger partial charge < -0.3 is 10.5 Å². The van der Waals surface area contributed by atoms with Crippen molar-refractivity contribution in [3.63, 3.8) is 0 Å². The summed E-state index contributed by atoms with van der Waals surface area (Å²) in [6.07, 6.45) is 3.98. The van der Waals surface area contributed by atoms with E-state index in [1.165, 1.54) is 12.8 Å².